The number of primary amides is 1. The Kier molecular flexibility index (Phi) is 5.53. The lowest BCUT2D eigenvalue weighted by Gasteiger charge is -2.30. The van der Waals surface area contributed by atoms with Crippen LogP contribution >= 0.6 is 0 Å². The van der Waals surface area contributed by atoms with Crippen molar-refractivity contribution in [2.24, 2.45) is 11.7 Å². The Hall–Kier alpha value is -0.830. The summed E-state index contributed by atoms with van der Waals surface area (Å²) >= 11 is 0. The summed E-state index contributed by atoms with van der Waals surface area (Å²) in [4.78, 5) is 11.1. The fraction of sp³-hybridized carbons (Fsp3) is 0.769. The van der Waals surface area contributed by atoms with Gasteiger partial charge in [0.05, 0.1) is 0 Å². The van der Waals surface area contributed by atoms with E-state index in [0.717, 1.165) is 12.1 Å². The molecular formula is C13H24N2O. The minimum atomic E-state index is -0.204. The lowest BCUT2D eigenvalue weighted by atomic mass is 9.82. The van der Waals surface area contributed by atoms with E-state index >= 15 is 0 Å². The minimum Gasteiger partial charge on any atom is -0.370 e. The molecule has 0 heterocycles. The van der Waals surface area contributed by atoms with Crippen LogP contribution in [0.15, 0.2) is 12.2 Å². The van der Waals surface area contributed by atoms with Crippen LogP contribution in [0.4, 0.5) is 0 Å². The van der Waals surface area contributed by atoms with Gasteiger partial charge in [0.1, 0.15) is 0 Å². The zero-order chi connectivity index (χ0) is 12.0. The highest BCUT2D eigenvalue weighted by molar-refractivity contribution is 5.74. The second kappa shape index (κ2) is 6.69. The van der Waals surface area contributed by atoms with E-state index in [1.807, 2.05) is 6.92 Å². The van der Waals surface area contributed by atoms with Crippen LogP contribution in [0.2, 0.25) is 0 Å². The highest BCUT2D eigenvalue weighted by Gasteiger charge is 2.24. The van der Waals surface area contributed by atoms with Crippen LogP contribution in [0.1, 0.15) is 45.4 Å². The first-order chi connectivity index (χ1) is 7.59. The van der Waals surface area contributed by atoms with Gasteiger partial charge in [0, 0.05) is 19.0 Å². The standard InChI is InChI=1S/C13H24N2O/c1-10(2)9-15-12(8-13(14)16)11-6-4-3-5-7-11/h11-12,15H,1,3-9H2,2H3,(H2,14,16). The molecule has 0 aromatic heterocycles. The van der Waals surface area contributed by atoms with Gasteiger partial charge < -0.3 is 11.1 Å². The molecule has 1 amide bonds. The highest BCUT2D eigenvalue weighted by atomic mass is 16.1. The van der Waals surface area contributed by atoms with Gasteiger partial charge in [-0.2, -0.15) is 0 Å². The van der Waals surface area contributed by atoms with E-state index in [1.165, 1.54) is 32.1 Å². The van der Waals surface area contributed by atoms with Gasteiger partial charge >= 0.3 is 0 Å². The summed E-state index contributed by atoms with van der Waals surface area (Å²) in [7, 11) is 0. The summed E-state index contributed by atoms with van der Waals surface area (Å²) in [6.07, 6.45) is 6.81. The van der Waals surface area contributed by atoms with Gasteiger partial charge in [0.25, 0.3) is 0 Å². The van der Waals surface area contributed by atoms with Gasteiger partial charge in [-0.15, -0.1) is 0 Å². The molecule has 1 unspecified atom stereocenters. The van der Waals surface area contributed by atoms with Gasteiger partial charge in [-0.05, 0) is 25.7 Å². The molecule has 0 spiro atoms. The second-order valence-electron chi connectivity index (χ2n) is 5.01. The number of hydrogen-bond donors (Lipinski definition) is 2. The molecule has 3 heteroatoms. The van der Waals surface area contributed by atoms with Gasteiger partial charge in [-0.3, -0.25) is 4.79 Å². The fourth-order valence-corrected chi connectivity index (χ4v) is 2.46. The fourth-order valence-electron chi connectivity index (χ4n) is 2.46. The van der Waals surface area contributed by atoms with E-state index in [9.17, 15) is 4.79 Å². The maximum absolute atomic E-state index is 11.1. The molecule has 92 valence electrons. The largest absolute Gasteiger partial charge is 0.370 e. The normalized spacial score (nSPS) is 19.3. The third kappa shape index (κ3) is 4.79. The maximum Gasteiger partial charge on any atom is 0.218 e. The Balaban J connectivity index is 2.47. The Morgan fingerprint density at radius 1 is 1.44 bits per heavy atom. The molecule has 1 fully saturated rings. The molecule has 3 nitrogen and oxygen atoms in total. The topological polar surface area (TPSA) is 55.1 Å². The van der Waals surface area contributed by atoms with Crippen LogP contribution in [0.3, 0.4) is 0 Å². The van der Waals surface area contributed by atoms with E-state index < -0.39 is 0 Å². The van der Waals surface area contributed by atoms with Crippen LogP contribution in [0.25, 0.3) is 0 Å². The predicted molar refractivity (Wildman–Crippen MR) is 67.0 cm³/mol. The zero-order valence-corrected chi connectivity index (χ0v) is 10.3. The first-order valence-corrected chi connectivity index (χ1v) is 6.25. The molecule has 1 aliphatic rings. The first-order valence-electron chi connectivity index (χ1n) is 6.25. The molecule has 0 bridgehead atoms. The number of carbonyl (C=O) groups excluding carboxylic acids is 1. The van der Waals surface area contributed by atoms with Crippen LogP contribution < -0.4 is 11.1 Å². The summed E-state index contributed by atoms with van der Waals surface area (Å²) in [5.41, 5.74) is 6.41. The summed E-state index contributed by atoms with van der Waals surface area (Å²) in [5.74, 6) is 0.408. The number of rotatable bonds is 6. The number of hydrogen-bond acceptors (Lipinski definition) is 2. The molecule has 0 saturated heterocycles. The Morgan fingerprint density at radius 2 is 2.06 bits per heavy atom. The number of nitrogens with one attached hydrogen (secondary N) is 1. The van der Waals surface area contributed by atoms with Crippen LogP contribution in [0, 0.1) is 5.92 Å². The molecule has 0 aliphatic heterocycles. The first kappa shape index (κ1) is 13.2. The highest BCUT2D eigenvalue weighted by Crippen LogP contribution is 2.27. The molecule has 1 rings (SSSR count). The van der Waals surface area contributed by atoms with E-state index in [2.05, 4.69) is 11.9 Å². The smallest absolute Gasteiger partial charge is 0.218 e. The summed E-state index contributed by atoms with van der Waals surface area (Å²) in [6.45, 7) is 6.65. The van der Waals surface area contributed by atoms with Gasteiger partial charge in [-0.25, -0.2) is 0 Å². The van der Waals surface area contributed by atoms with E-state index in [4.69, 9.17) is 5.73 Å². The van der Waals surface area contributed by atoms with Gasteiger partial charge in [0.15, 0.2) is 0 Å². The van der Waals surface area contributed by atoms with Crippen molar-refractivity contribution in [3.63, 3.8) is 0 Å². The lowest BCUT2D eigenvalue weighted by molar-refractivity contribution is -0.118. The van der Waals surface area contributed by atoms with Crippen LogP contribution in [-0.4, -0.2) is 18.5 Å². The minimum absolute atomic E-state index is 0.204. The SMILES string of the molecule is C=C(C)CNC(CC(N)=O)C1CCCCC1. The molecule has 16 heavy (non-hydrogen) atoms. The number of amides is 1. The molecule has 3 N–H and O–H groups in total. The van der Waals surface area contributed by atoms with Crippen LogP contribution in [0.5, 0.6) is 0 Å². The average molecular weight is 224 g/mol. The van der Waals surface area contributed by atoms with Crippen molar-refractivity contribution < 1.29 is 4.79 Å². The van der Waals surface area contributed by atoms with Crippen molar-refractivity contribution >= 4 is 5.91 Å². The molecule has 0 aromatic carbocycles. The molecular weight excluding hydrogens is 200 g/mol. The van der Waals surface area contributed by atoms with Crippen molar-refractivity contribution in [2.75, 3.05) is 6.54 Å². The van der Waals surface area contributed by atoms with E-state index in [1.54, 1.807) is 0 Å². The Morgan fingerprint density at radius 3 is 2.56 bits per heavy atom. The average Bonchev–Trinajstić information content (AvgIpc) is 2.25. The maximum atomic E-state index is 11.1. The van der Waals surface area contributed by atoms with E-state index in [0.29, 0.717) is 12.3 Å². The molecule has 1 aliphatic carbocycles. The number of carbonyl (C=O) groups is 1. The monoisotopic (exact) mass is 224 g/mol. The third-order valence-corrected chi connectivity index (χ3v) is 3.31. The number of nitrogens with two attached hydrogens (primary N) is 1. The van der Waals surface area contributed by atoms with Crippen molar-refractivity contribution in [1.29, 1.82) is 0 Å². The molecule has 1 atom stereocenters. The summed E-state index contributed by atoms with van der Waals surface area (Å²) in [5, 5.41) is 3.42. The van der Waals surface area contributed by atoms with E-state index in [-0.39, 0.29) is 11.9 Å². The lowest BCUT2D eigenvalue weighted by Crippen LogP contribution is -2.41. The summed E-state index contributed by atoms with van der Waals surface area (Å²) < 4.78 is 0. The van der Waals surface area contributed by atoms with Gasteiger partial charge in [-0.1, -0.05) is 31.4 Å². The predicted octanol–water partition coefficient (Wildman–Crippen LogP) is 1.98. The second-order valence-corrected chi connectivity index (χ2v) is 5.01. The molecule has 0 aromatic rings. The van der Waals surface area contributed by atoms with Crippen LogP contribution in [-0.2, 0) is 4.79 Å². The Labute approximate surface area is 98.5 Å². The van der Waals surface area contributed by atoms with Crippen molar-refractivity contribution in [3.05, 3.63) is 12.2 Å². The quantitative estimate of drug-likeness (QED) is 0.678. The molecule has 0 radical (unpaired) electrons. The molecule has 1 saturated carbocycles. The zero-order valence-electron chi connectivity index (χ0n) is 10.3. The Bertz CT molecular complexity index is 244. The van der Waals surface area contributed by atoms with Crippen molar-refractivity contribution in [2.45, 2.75) is 51.5 Å². The van der Waals surface area contributed by atoms with Crippen molar-refractivity contribution in [3.8, 4) is 0 Å². The van der Waals surface area contributed by atoms with Gasteiger partial charge in [0.2, 0.25) is 5.91 Å². The third-order valence-electron chi connectivity index (χ3n) is 3.31. The van der Waals surface area contributed by atoms with Crippen molar-refractivity contribution in [1.82, 2.24) is 5.32 Å². The summed E-state index contributed by atoms with van der Waals surface area (Å²) in [6, 6.07) is 0.245.